The molecule has 0 spiro atoms. The van der Waals surface area contributed by atoms with Gasteiger partial charge in [0.05, 0.1) is 17.0 Å². The summed E-state index contributed by atoms with van der Waals surface area (Å²) >= 11 is 1.47. The van der Waals surface area contributed by atoms with Crippen LogP contribution in [-0.4, -0.2) is 8.42 Å². The van der Waals surface area contributed by atoms with Crippen molar-refractivity contribution >= 4 is 37.1 Å². The molecule has 1 aliphatic rings. The Hall–Kier alpha value is -3.14. The molecule has 0 aliphatic heterocycles. The van der Waals surface area contributed by atoms with E-state index in [2.05, 4.69) is 6.07 Å². The molecule has 0 atom stereocenters. The fourth-order valence-electron chi connectivity index (χ4n) is 4.40. The molecule has 32 heavy (non-hydrogen) atoms. The molecule has 0 fully saturated rings. The monoisotopic (exact) mass is 458 g/mol. The lowest BCUT2D eigenvalue weighted by molar-refractivity contribution is 0.591. The molecule has 4 aromatic rings. The van der Waals surface area contributed by atoms with Crippen molar-refractivity contribution in [2.24, 2.45) is 0 Å². The average Bonchev–Trinajstić information content (AvgIpc) is 3.20. The van der Waals surface area contributed by atoms with E-state index in [0.29, 0.717) is 16.0 Å². The molecule has 0 radical (unpaired) electrons. The van der Waals surface area contributed by atoms with E-state index in [1.54, 1.807) is 12.1 Å². The van der Waals surface area contributed by atoms with Crippen LogP contribution < -0.4 is 4.31 Å². The minimum Gasteiger partial charge on any atom is -0.251 e. The number of hydrogen-bond acceptors (Lipinski definition) is 4. The molecule has 0 bridgehead atoms. The van der Waals surface area contributed by atoms with Gasteiger partial charge in [-0.1, -0.05) is 66.7 Å². The fourth-order valence-corrected chi connectivity index (χ4v) is 7.63. The zero-order valence-electron chi connectivity index (χ0n) is 17.5. The second kappa shape index (κ2) is 8.42. The lowest BCUT2D eigenvalue weighted by Gasteiger charge is -2.24. The molecule has 4 nitrogen and oxygen atoms in total. The van der Waals surface area contributed by atoms with Crippen LogP contribution in [0.3, 0.4) is 0 Å². The Morgan fingerprint density at radius 2 is 1.62 bits per heavy atom. The van der Waals surface area contributed by atoms with Crippen LogP contribution in [0.4, 0.5) is 5.00 Å². The van der Waals surface area contributed by atoms with E-state index in [-0.39, 0.29) is 11.4 Å². The van der Waals surface area contributed by atoms with Crippen LogP contribution in [0.25, 0.3) is 10.8 Å². The summed E-state index contributed by atoms with van der Waals surface area (Å²) in [6, 6.07) is 24.8. The Kier molecular flexibility index (Phi) is 5.46. The molecule has 160 valence electrons. The minimum atomic E-state index is -3.92. The molecule has 0 saturated carbocycles. The van der Waals surface area contributed by atoms with E-state index >= 15 is 0 Å². The lowest BCUT2D eigenvalue weighted by atomic mass is 9.96. The number of sulfonamides is 1. The molecule has 0 unspecified atom stereocenters. The van der Waals surface area contributed by atoms with E-state index < -0.39 is 10.0 Å². The lowest BCUT2D eigenvalue weighted by Crippen LogP contribution is -2.30. The summed E-state index contributed by atoms with van der Waals surface area (Å²) in [4.78, 5) is 1.41. The number of nitrogens with zero attached hydrogens (tertiary/aromatic N) is 2. The number of aryl methyl sites for hydroxylation is 1. The van der Waals surface area contributed by atoms with E-state index in [9.17, 15) is 13.7 Å². The summed E-state index contributed by atoms with van der Waals surface area (Å²) in [5, 5.41) is 12.1. The van der Waals surface area contributed by atoms with Gasteiger partial charge in [-0.2, -0.15) is 5.26 Å². The van der Waals surface area contributed by atoms with Gasteiger partial charge in [0.15, 0.2) is 0 Å². The maximum Gasteiger partial charge on any atom is 0.265 e. The molecule has 5 rings (SSSR count). The first-order valence-corrected chi connectivity index (χ1v) is 12.9. The molecule has 1 heterocycles. The largest absolute Gasteiger partial charge is 0.265 e. The topological polar surface area (TPSA) is 61.2 Å². The van der Waals surface area contributed by atoms with Crippen molar-refractivity contribution in [3.05, 3.63) is 94.4 Å². The Labute approximate surface area is 192 Å². The highest BCUT2D eigenvalue weighted by molar-refractivity contribution is 7.93. The zero-order valence-corrected chi connectivity index (χ0v) is 19.1. The second-order valence-corrected chi connectivity index (χ2v) is 10.9. The van der Waals surface area contributed by atoms with Gasteiger partial charge in [-0.25, -0.2) is 8.42 Å². The first-order valence-electron chi connectivity index (χ1n) is 10.7. The highest BCUT2D eigenvalue weighted by Crippen LogP contribution is 2.43. The summed E-state index contributed by atoms with van der Waals surface area (Å²) in [6.07, 6.45) is 3.85. The van der Waals surface area contributed by atoms with Gasteiger partial charge < -0.3 is 0 Å². The van der Waals surface area contributed by atoms with Gasteiger partial charge in [-0.3, -0.25) is 4.31 Å². The molecule has 3 aromatic carbocycles. The van der Waals surface area contributed by atoms with Crippen LogP contribution in [0.15, 0.2) is 77.7 Å². The van der Waals surface area contributed by atoms with E-state index in [1.165, 1.54) is 15.6 Å². The van der Waals surface area contributed by atoms with Crippen LogP contribution in [0.2, 0.25) is 0 Å². The molecule has 6 heteroatoms. The number of hydrogen-bond donors (Lipinski definition) is 0. The van der Waals surface area contributed by atoms with Gasteiger partial charge in [0, 0.05) is 10.3 Å². The molecule has 1 aliphatic carbocycles. The summed E-state index contributed by atoms with van der Waals surface area (Å²) in [7, 11) is -3.92. The summed E-state index contributed by atoms with van der Waals surface area (Å²) in [5.41, 5.74) is 2.43. The number of thiophene rings is 1. The molecule has 0 amide bonds. The number of benzene rings is 3. The van der Waals surface area contributed by atoms with Crippen molar-refractivity contribution in [2.75, 3.05) is 4.31 Å². The smallest absolute Gasteiger partial charge is 0.251 e. The van der Waals surface area contributed by atoms with Crippen molar-refractivity contribution in [3.8, 4) is 6.07 Å². The quantitative estimate of drug-likeness (QED) is 0.366. The van der Waals surface area contributed by atoms with Crippen molar-refractivity contribution in [2.45, 2.75) is 37.1 Å². The summed E-state index contributed by atoms with van der Waals surface area (Å²) < 4.78 is 29.8. The Morgan fingerprint density at radius 3 is 2.44 bits per heavy atom. The number of fused-ring (bicyclic) bond motifs is 2. The van der Waals surface area contributed by atoms with Crippen LogP contribution in [0.5, 0.6) is 0 Å². The Bertz CT molecular complexity index is 1430. The van der Waals surface area contributed by atoms with Gasteiger partial charge in [-0.05, 0) is 48.3 Å². The van der Waals surface area contributed by atoms with Crippen LogP contribution >= 0.6 is 11.3 Å². The first-order chi connectivity index (χ1) is 15.6. The second-order valence-electron chi connectivity index (χ2n) is 7.98. The van der Waals surface area contributed by atoms with Crippen LogP contribution in [0, 0.1) is 11.3 Å². The van der Waals surface area contributed by atoms with E-state index in [4.69, 9.17) is 0 Å². The van der Waals surface area contributed by atoms with E-state index in [1.807, 2.05) is 60.7 Å². The van der Waals surface area contributed by atoms with Gasteiger partial charge in [0.2, 0.25) is 0 Å². The van der Waals surface area contributed by atoms with Crippen molar-refractivity contribution in [1.29, 1.82) is 5.26 Å². The standard InChI is InChI=1S/C26H22N2O2S2/c27-17-23-22-14-6-7-15-24(22)31-26(23)28(18-19-9-2-1-3-10-19)32(29,30)25-16-8-12-20-11-4-5-13-21(20)25/h1-5,8-13,16H,6-7,14-15,18H2. The third-order valence-corrected chi connectivity index (χ3v) is 9.21. The maximum absolute atomic E-state index is 14.2. The normalized spacial score (nSPS) is 13.5. The minimum absolute atomic E-state index is 0.181. The van der Waals surface area contributed by atoms with Crippen LogP contribution in [-0.2, 0) is 29.4 Å². The highest BCUT2D eigenvalue weighted by atomic mass is 32.2. The Morgan fingerprint density at radius 1 is 0.906 bits per heavy atom. The number of rotatable bonds is 5. The van der Waals surface area contributed by atoms with Crippen molar-refractivity contribution in [1.82, 2.24) is 0 Å². The summed E-state index contributed by atoms with van der Waals surface area (Å²) in [6.45, 7) is 0.181. The predicted octanol–water partition coefficient (Wildman–Crippen LogP) is 6.05. The third kappa shape index (κ3) is 3.58. The van der Waals surface area contributed by atoms with Crippen molar-refractivity contribution < 1.29 is 8.42 Å². The number of nitriles is 1. The molecule has 0 saturated heterocycles. The highest BCUT2D eigenvalue weighted by Gasteiger charge is 2.32. The molecular weight excluding hydrogens is 436 g/mol. The first kappa shape index (κ1) is 20.7. The van der Waals surface area contributed by atoms with E-state index in [0.717, 1.165) is 47.1 Å². The van der Waals surface area contributed by atoms with Gasteiger partial charge in [0.25, 0.3) is 10.0 Å². The third-order valence-electron chi connectivity index (χ3n) is 5.98. The zero-order chi connectivity index (χ0) is 22.1. The SMILES string of the molecule is N#Cc1c(N(Cc2ccccc2)S(=O)(=O)c2cccc3ccccc23)sc2c1CCCC2. The molecular formula is C26H22N2O2S2. The van der Waals surface area contributed by atoms with Crippen molar-refractivity contribution in [3.63, 3.8) is 0 Å². The molecule has 1 aromatic heterocycles. The maximum atomic E-state index is 14.2. The average molecular weight is 459 g/mol. The number of anilines is 1. The summed E-state index contributed by atoms with van der Waals surface area (Å²) in [5.74, 6) is 0. The Balaban J connectivity index is 1.72. The van der Waals surface area contributed by atoms with Crippen LogP contribution in [0.1, 0.15) is 34.4 Å². The van der Waals surface area contributed by atoms with Gasteiger partial charge >= 0.3 is 0 Å². The molecule has 0 N–H and O–H groups in total. The predicted molar refractivity (Wildman–Crippen MR) is 129 cm³/mol. The fraction of sp³-hybridized carbons (Fsp3) is 0.192. The van der Waals surface area contributed by atoms with Gasteiger partial charge in [0.1, 0.15) is 11.1 Å². The van der Waals surface area contributed by atoms with Gasteiger partial charge in [-0.15, -0.1) is 11.3 Å².